The number of rotatable bonds is 5. The van der Waals surface area contributed by atoms with Crippen LogP contribution >= 0.6 is 15.9 Å². The van der Waals surface area contributed by atoms with Crippen molar-refractivity contribution in [2.24, 2.45) is 5.73 Å². The summed E-state index contributed by atoms with van der Waals surface area (Å²) < 4.78 is 0.880. The Bertz CT molecular complexity index is 497. The van der Waals surface area contributed by atoms with Gasteiger partial charge in [-0.05, 0) is 39.0 Å². The molecule has 0 saturated carbocycles. The smallest absolute Gasteiger partial charge is 0.240 e. The molecule has 0 heterocycles. The minimum Gasteiger partial charge on any atom is -0.373 e. The number of carbonyl (C=O) groups is 2. The molecule has 0 radical (unpaired) electrons. The third-order valence-electron chi connectivity index (χ3n) is 2.41. The molecule has 0 saturated heterocycles. The van der Waals surface area contributed by atoms with E-state index in [1.807, 2.05) is 45.0 Å². The number of primary amides is 1. The van der Waals surface area contributed by atoms with Gasteiger partial charge in [-0.25, -0.2) is 0 Å². The molecule has 1 atom stereocenters. The van der Waals surface area contributed by atoms with Gasteiger partial charge in [-0.3, -0.25) is 9.59 Å². The highest BCUT2D eigenvalue weighted by Gasteiger charge is 2.22. The van der Waals surface area contributed by atoms with Crippen LogP contribution in [-0.4, -0.2) is 23.4 Å². The second-order valence-corrected chi connectivity index (χ2v) is 6.53. The first-order valence-corrected chi connectivity index (χ1v) is 7.09. The van der Waals surface area contributed by atoms with Gasteiger partial charge in [-0.1, -0.05) is 22.0 Å². The van der Waals surface area contributed by atoms with Crippen molar-refractivity contribution >= 4 is 33.4 Å². The van der Waals surface area contributed by atoms with E-state index in [0.29, 0.717) is 0 Å². The molecule has 4 N–H and O–H groups in total. The Hall–Kier alpha value is -1.56. The topological polar surface area (TPSA) is 84.2 Å². The zero-order chi connectivity index (χ0) is 15.3. The molecule has 0 aliphatic carbocycles. The van der Waals surface area contributed by atoms with Gasteiger partial charge < -0.3 is 16.4 Å². The summed E-state index contributed by atoms with van der Waals surface area (Å²) in [6.07, 6.45) is -0.000876. The monoisotopic (exact) mass is 341 g/mol. The maximum atomic E-state index is 11.9. The largest absolute Gasteiger partial charge is 0.373 e. The number of carbonyl (C=O) groups excluding carboxylic acids is 2. The normalized spacial score (nSPS) is 12.6. The molecule has 6 heteroatoms. The van der Waals surface area contributed by atoms with Crippen LogP contribution in [0.1, 0.15) is 27.2 Å². The first-order chi connectivity index (χ1) is 9.17. The zero-order valence-electron chi connectivity index (χ0n) is 11.9. The van der Waals surface area contributed by atoms with Gasteiger partial charge in [0.25, 0.3) is 0 Å². The highest BCUT2D eigenvalue weighted by molar-refractivity contribution is 9.10. The van der Waals surface area contributed by atoms with Gasteiger partial charge in [-0.15, -0.1) is 0 Å². The molecule has 1 aromatic carbocycles. The Morgan fingerprint density at radius 2 is 2.00 bits per heavy atom. The minimum atomic E-state index is -0.744. The number of nitrogens with one attached hydrogen (secondary N) is 2. The third-order valence-corrected chi connectivity index (χ3v) is 2.91. The standard InChI is InChI=1S/C14H20BrN3O2/c1-14(2,3)18-12(19)8-11(13(16)20)17-10-6-4-5-9(15)7-10/h4-7,11,17H,8H2,1-3H3,(H2,16,20)(H,18,19). The third kappa shape index (κ3) is 6.06. The maximum absolute atomic E-state index is 11.9. The molecule has 0 aromatic heterocycles. The molecule has 1 aromatic rings. The molecule has 1 unspecified atom stereocenters. The van der Waals surface area contributed by atoms with E-state index >= 15 is 0 Å². The SMILES string of the molecule is CC(C)(C)NC(=O)CC(Nc1cccc(Br)c1)C(N)=O. The van der Waals surface area contributed by atoms with Crippen molar-refractivity contribution in [2.75, 3.05) is 5.32 Å². The van der Waals surface area contributed by atoms with Crippen LogP contribution in [0.15, 0.2) is 28.7 Å². The number of halogens is 1. The lowest BCUT2D eigenvalue weighted by Crippen LogP contribution is -2.45. The van der Waals surface area contributed by atoms with Gasteiger partial charge in [0.05, 0.1) is 6.42 Å². The molecule has 5 nitrogen and oxygen atoms in total. The van der Waals surface area contributed by atoms with Crippen LogP contribution in [0.25, 0.3) is 0 Å². The highest BCUT2D eigenvalue weighted by Crippen LogP contribution is 2.17. The molecule has 110 valence electrons. The average molecular weight is 342 g/mol. The number of hydrogen-bond donors (Lipinski definition) is 3. The fraction of sp³-hybridized carbons (Fsp3) is 0.429. The number of hydrogen-bond acceptors (Lipinski definition) is 3. The summed E-state index contributed by atoms with van der Waals surface area (Å²) in [4.78, 5) is 23.3. The van der Waals surface area contributed by atoms with Crippen LogP contribution in [0, 0.1) is 0 Å². The lowest BCUT2D eigenvalue weighted by Gasteiger charge is -2.23. The van der Waals surface area contributed by atoms with Gasteiger partial charge in [0.15, 0.2) is 0 Å². The fourth-order valence-corrected chi connectivity index (χ4v) is 2.06. The van der Waals surface area contributed by atoms with Crippen molar-refractivity contribution in [3.8, 4) is 0 Å². The number of amides is 2. The van der Waals surface area contributed by atoms with Crippen LogP contribution in [0.2, 0.25) is 0 Å². The summed E-state index contributed by atoms with van der Waals surface area (Å²) in [6.45, 7) is 5.64. The molecule has 0 aliphatic rings. The lowest BCUT2D eigenvalue weighted by molar-refractivity contribution is -0.126. The molecule has 2 amide bonds. The van der Waals surface area contributed by atoms with E-state index < -0.39 is 11.9 Å². The van der Waals surface area contributed by atoms with Crippen molar-refractivity contribution in [1.82, 2.24) is 5.32 Å². The second kappa shape index (κ2) is 6.74. The highest BCUT2D eigenvalue weighted by atomic mass is 79.9. The lowest BCUT2D eigenvalue weighted by atomic mass is 10.1. The fourth-order valence-electron chi connectivity index (χ4n) is 1.66. The molecule has 20 heavy (non-hydrogen) atoms. The van der Waals surface area contributed by atoms with E-state index in [1.54, 1.807) is 0 Å². The minimum absolute atomic E-state index is 0.000876. The van der Waals surface area contributed by atoms with E-state index in [4.69, 9.17) is 5.73 Å². The van der Waals surface area contributed by atoms with Gasteiger partial charge in [0.1, 0.15) is 6.04 Å². The summed E-state index contributed by atoms with van der Waals surface area (Å²) in [7, 11) is 0. The Morgan fingerprint density at radius 1 is 1.35 bits per heavy atom. The predicted octanol–water partition coefficient (Wildman–Crippen LogP) is 2.02. The Balaban J connectivity index is 2.71. The summed E-state index contributed by atoms with van der Waals surface area (Å²) in [5.74, 6) is -0.780. The van der Waals surface area contributed by atoms with Crippen molar-refractivity contribution in [3.05, 3.63) is 28.7 Å². The van der Waals surface area contributed by atoms with Crippen LogP contribution in [0.5, 0.6) is 0 Å². The Morgan fingerprint density at radius 3 is 2.50 bits per heavy atom. The number of nitrogens with two attached hydrogens (primary N) is 1. The molecule has 0 aliphatic heterocycles. The van der Waals surface area contributed by atoms with E-state index in [9.17, 15) is 9.59 Å². The summed E-state index contributed by atoms with van der Waals surface area (Å²) in [5, 5.41) is 5.78. The molecule has 1 rings (SSSR count). The van der Waals surface area contributed by atoms with Crippen molar-refractivity contribution in [2.45, 2.75) is 38.8 Å². The van der Waals surface area contributed by atoms with Crippen molar-refractivity contribution in [1.29, 1.82) is 0 Å². The van der Waals surface area contributed by atoms with E-state index in [1.165, 1.54) is 0 Å². The molecule has 0 bridgehead atoms. The Labute approximate surface area is 127 Å². The van der Waals surface area contributed by atoms with Crippen LogP contribution in [-0.2, 0) is 9.59 Å². The Kier molecular flexibility index (Phi) is 5.56. The molecular formula is C14H20BrN3O2. The first-order valence-electron chi connectivity index (χ1n) is 6.30. The van der Waals surface area contributed by atoms with Gasteiger partial charge in [0, 0.05) is 15.7 Å². The van der Waals surface area contributed by atoms with Gasteiger partial charge >= 0.3 is 0 Å². The van der Waals surface area contributed by atoms with Gasteiger partial charge in [0.2, 0.25) is 11.8 Å². The predicted molar refractivity (Wildman–Crippen MR) is 83.3 cm³/mol. The summed E-state index contributed by atoms with van der Waals surface area (Å²) in [5.41, 5.74) is 5.73. The molecular weight excluding hydrogens is 322 g/mol. The van der Waals surface area contributed by atoms with Crippen LogP contribution in [0.3, 0.4) is 0 Å². The zero-order valence-corrected chi connectivity index (χ0v) is 13.5. The number of anilines is 1. The molecule has 0 fully saturated rings. The van der Waals surface area contributed by atoms with Crippen LogP contribution in [0.4, 0.5) is 5.69 Å². The molecule has 0 spiro atoms. The van der Waals surface area contributed by atoms with Gasteiger partial charge in [-0.2, -0.15) is 0 Å². The second-order valence-electron chi connectivity index (χ2n) is 5.61. The first kappa shape index (κ1) is 16.5. The quantitative estimate of drug-likeness (QED) is 0.765. The summed E-state index contributed by atoms with van der Waals surface area (Å²) in [6, 6.07) is 6.59. The summed E-state index contributed by atoms with van der Waals surface area (Å²) >= 11 is 3.34. The van der Waals surface area contributed by atoms with Crippen molar-refractivity contribution in [3.63, 3.8) is 0 Å². The van der Waals surface area contributed by atoms with E-state index in [2.05, 4.69) is 26.6 Å². The van der Waals surface area contributed by atoms with Crippen LogP contribution < -0.4 is 16.4 Å². The van der Waals surface area contributed by atoms with Crippen molar-refractivity contribution < 1.29 is 9.59 Å². The number of benzene rings is 1. The average Bonchev–Trinajstić information content (AvgIpc) is 2.25. The van der Waals surface area contributed by atoms with E-state index in [-0.39, 0.29) is 17.9 Å². The van der Waals surface area contributed by atoms with E-state index in [0.717, 1.165) is 10.2 Å². The maximum Gasteiger partial charge on any atom is 0.240 e.